The van der Waals surface area contributed by atoms with E-state index in [1.807, 2.05) is 12.1 Å². The van der Waals surface area contributed by atoms with Crippen molar-refractivity contribution in [2.24, 2.45) is 0 Å². The second kappa shape index (κ2) is 9.72. The Morgan fingerprint density at radius 3 is 2.71 bits per heavy atom. The van der Waals surface area contributed by atoms with Crippen molar-refractivity contribution in [2.45, 2.75) is 70.4 Å². The maximum atomic E-state index is 12.3. The zero-order valence-electron chi connectivity index (χ0n) is 20.5. The molecule has 0 bridgehead atoms. The van der Waals surface area contributed by atoms with E-state index in [9.17, 15) is 14.7 Å². The number of carboxylic acids is 1. The van der Waals surface area contributed by atoms with Crippen molar-refractivity contribution in [2.75, 3.05) is 13.7 Å². The Kier molecular flexibility index (Phi) is 6.50. The number of methoxy groups -OCH3 is 1. The van der Waals surface area contributed by atoms with Gasteiger partial charge in [-0.15, -0.1) is 0 Å². The summed E-state index contributed by atoms with van der Waals surface area (Å²) in [6.07, 6.45) is 7.21. The Labute approximate surface area is 205 Å². The molecule has 1 amide bonds. The summed E-state index contributed by atoms with van der Waals surface area (Å²) < 4.78 is 7.38. The number of imidazole rings is 1. The van der Waals surface area contributed by atoms with E-state index < -0.39 is 5.97 Å². The number of ether oxygens (including phenoxy) is 1. The van der Waals surface area contributed by atoms with Crippen LogP contribution in [0.3, 0.4) is 0 Å². The normalized spacial score (nSPS) is 17.3. The fourth-order valence-corrected chi connectivity index (χ4v) is 5.87. The predicted molar refractivity (Wildman–Crippen MR) is 134 cm³/mol. The number of benzene rings is 2. The number of aromatic carboxylic acids is 1. The number of amides is 1. The molecule has 0 radical (unpaired) electrons. The molecule has 1 N–H and O–H groups in total. The highest BCUT2D eigenvalue weighted by molar-refractivity contribution is 5.87. The lowest BCUT2D eigenvalue weighted by atomic mass is 9.88. The lowest BCUT2D eigenvalue weighted by Crippen LogP contribution is -2.35. The van der Waals surface area contributed by atoms with E-state index in [0.29, 0.717) is 24.6 Å². The summed E-state index contributed by atoms with van der Waals surface area (Å²) in [5.41, 5.74) is 5.77. The van der Waals surface area contributed by atoms with Crippen molar-refractivity contribution < 1.29 is 19.4 Å². The quantitative estimate of drug-likeness (QED) is 0.511. The number of hydrogen-bond donors (Lipinski definition) is 1. The van der Waals surface area contributed by atoms with Crippen LogP contribution in [-0.2, 0) is 24.1 Å². The van der Waals surface area contributed by atoms with Gasteiger partial charge in [0, 0.05) is 24.1 Å². The van der Waals surface area contributed by atoms with Crippen molar-refractivity contribution in [1.29, 1.82) is 0 Å². The molecule has 5 rings (SSSR count). The van der Waals surface area contributed by atoms with E-state index >= 15 is 0 Å². The van der Waals surface area contributed by atoms with Crippen LogP contribution in [0.15, 0.2) is 36.4 Å². The first-order valence-corrected chi connectivity index (χ1v) is 12.6. The van der Waals surface area contributed by atoms with Crippen molar-refractivity contribution in [3.8, 4) is 0 Å². The van der Waals surface area contributed by atoms with Crippen LogP contribution in [0.4, 0.5) is 4.79 Å². The van der Waals surface area contributed by atoms with E-state index in [4.69, 9.17) is 9.72 Å². The highest BCUT2D eigenvalue weighted by Crippen LogP contribution is 2.38. The van der Waals surface area contributed by atoms with Crippen LogP contribution in [0, 0.1) is 0 Å². The molecule has 0 spiro atoms. The van der Waals surface area contributed by atoms with Crippen LogP contribution in [0.1, 0.15) is 83.9 Å². The van der Waals surface area contributed by atoms with Gasteiger partial charge in [-0.3, -0.25) is 0 Å². The molecule has 7 nitrogen and oxygen atoms in total. The van der Waals surface area contributed by atoms with Gasteiger partial charge in [-0.2, -0.15) is 0 Å². The zero-order chi connectivity index (χ0) is 24.5. The lowest BCUT2D eigenvalue weighted by molar-refractivity contribution is 0.0696. The molecule has 35 heavy (non-hydrogen) atoms. The fourth-order valence-electron chi connectivity index (χ4n) is 5.87. The number of aromatic nitrogens is 2. The third-order valence-electron chi connectivity index (χ3n) is 7.64. The summed E-state index contributed by atoms with van der Waals surface area (Å²) in [5.74, 6) is 0.641. The molecule has 2 aliphatic rings. The number of fused-ring (bicyclic) bond motifs is 3. The molecular weight excluding hydrogens is 442 g/mol. The van der Waals surface area contributed by atoms with Gasteiger partial charge in [0.25, 0.3) is 0 Å². The van der Waals surface area contributed by atoms with Gasteiger partial charge in [0.15, 0.2) is 0 Å². The number of hydrogen-bond acceptors (Lipinski definition) is 4. The topological polar surface area (TPSA) is 84.7 Å². The van der Waals surface area contributed by atoms with Crippen LogP contribution in [0.5, 0.6) is 0 Å². The van der Waals surface area contributed by atoms with Gasteiger partial charge < -0.3 is 19.3 Å². The largest absolute Gasteiger partial charge is 0.478 e. The molecule has 1 aliphatic carbocycles. The molecular formula is C28H33N3O4. The van der Waals surface area contributed by atoms with Crippen LogP contribution in [-0.4, -0.2) is 45.3 Å². The van der Waals surface area contributed by atoms with Crippen LogP contribution in [0.25, 0.3) is 11.0 Å². The van der Waals surface area contributed by atoms with Gasteiger partial charge in [0.1, 0.15) is 5.82 Å². The first-order valence-electron chi connectivity index (χ1n) is 12.6. The van der Waals surface area contributed by atoms with Crippen molar-refractivity contribution in [3.05, 3.63) is 64.5 Å². The molecule has 1 atom stereocenters. The molecule has 184 valence electrons. The SMILES string of the molecule is COC(=O)N1CCc2ccc3c(nc(C4CCCCC4)n3[C@H](C)Cc3cccc(C(=O)O)c3)c2C1. The second-order valence-corrected chi connectivity index (χ2v) is 9.95. The summed E-state index contributed by atoms with van der Waals surface area (Å²) in [6.45, 7) is 3.36. The Balaban J connectivity index is 1.58. The number of carbonyl (C=O) groups is 2. The second-order valence-electron chi connectivity index (χ2n) is 9.95. The third-order valence-corrected chi connectivity index (χ3v) is 7.64. The average Bonchev–Trinajstić information content (AvgIpc) is 3.29. The monoisotopic (exact) mass is 475 g/mol. The molecule has 3 aromatic rings. The number of rotatable bonds is 5. The van der Waals surface area contributed by atoms with Crippen LogP contribution in [0.2, 0.25) is 0 Å². The molecule has 0 unspecified atom stereocenters. The van der Waals surface area contributed by atoms with Gasteiger partial charge in [-0.25, -0.2) is 14.6 Å². The van der Waals surface area contributed by atoms with E-state index in [-0.39, 0.29) is 12.1 Å². The van der Waals surface area contributed by atoms with Gasteiger partial charge in [-0.05, 0) is 61.9 Å². The van der Waals surface area contributed by atoms with E-state index in [2.05, 4.69) is 23.6 Å². The smallest absolute Gasteiger partial charge is 0.409 e. The maximum absolute atomic E-state index is 12.3. The van der Waals surface area contributed by atoms with Gasteiger partial charge in [-0.1, -0.05) is 37.5 Å². The summed E-state index contributed by atoms with van der Waals surface area (Å²) in [4.78, 5) is 30.8. The zero-order valence-corrected chi connectivity index (χ0v) is 20.5. The third kappa shape index (κ3) is 4.51. The number of carboxylic acid groups (broad SMARTS) is 1. The summed E-state index contributed by atoms with van der Waals surface area (Å²) in [5, 5.41) is 9.42. The van der Waals surface area contributed by atoms with Crippen molar-refractivity contribution in [1.82, 2.24) is 14.5 Å². The molecule has 1 aromatic heterocycles. The van der Waals surface area contributed by atoms with E-state index in [0.717, 1.165) is 53.7 Å². The Morgan fingerprint density at radius 1 is 1.17 bits per heavy atom. The lowest BCUT2D eigenvalue weighted by Gasteiger charge is -2.28. The number of nitrogens with zero attached hydrogens (tertiary/aromatic N) is 3. The fraction of sp³-hybridized carbons (Fsp3) is 0.464. The van der Waals surface area contributed by atoms with E-state index in [1.165, 1.54) is 31.9 Å². The average molecular weight is 476 g/mol. The molecule has 1 saturated carbocycles. The van der Waals surface area contributed by atoms with Crippen LogP contribution >= 0.6 is 0 Å². The predicted octanol–water partition coefficient (Wildman–Crippen LogP) is 5.71. The van der Waals surface area contributed by atoms with E-state index in [1.54, 1.807) is 17.0 Å². The molecule has 2 aromatic carbocycles. The van der Waals surface area contributed by atoms with Crippen LogP contribution < -0.4 is 0 Å². The summed E-state index contributed by atoms with van der Waals surface area (Å²) in [6, 6.07) is 11.7. The highest BCUT2D eigenvalue weighted by atomic mass is 16.5. The summed E-state index contributed by atoms with van der Waals surface area (Å²) >= 11 is 0. The minimum Gasteiger partial charge on any atom is -0.478 e. The van der Waals surface area contributed by atoms with Gasteiger partial charge in [0.05, 0.1) is 30.3 Å². The highest BCUT2D eigenvalue weighted by Gasteiger charge is 2.29. The summed E-state index contributed by atoms with van der Waals surface area (Å²) in [7, 11) is 1.43. The van der Waals surface area contributed by atoms with Gasteiger partial charge in [0.2, 0.25) is 0 Å². The maximum Gasteiger partial charge on any atom is 0.409 e. The number of carbonyl (C=O) groups excluding carboxylic acids is 1. The Bertz CT molecular complexity index is 1260. The van der Waals surface area contributed by atoms with Crippen molar-refractivity contribution in [3.63, 3.8) is 0 Å². The molecule has 2 heterocycles. The molecule has 1 aliphatic heterocycles. The minimum atomic E-state index is -0.905. The molecule has 0 saturated heterocycles. The van der Waals surface area contributed by atoms with Crippen molar-refractivity contribution >= 4 is 23.1 Å². The Hall–Kier alpha value is -3.35. The first kappa shape index (κ1) is 23.4. The Morgan fingerprint density at radius 2 is 1.97 bits per heavy atom. The standard InChI is InChI=1S/C28H33N3O4/c1-18(15-19-7-6-10-22(16-19)27(32)33)31-24-12-11-20-13-14-30(28(34)35-2)17-23(20)25(24)29-26(31)21-8-4-3-5-9-21/h6-7,10-12,16,18,21H,3-5,8-9,13-15,17H2,1-2H3,(H,32,33)/t18-/m1/s1. The van der Waals surface area contributed by atoms with Gasteiger partial charge >= 0.3 is 12.1 Å². The minimum absolute atomic E-state index is 0.110. The molecule has 1 fully saturated rings. The first-order chi connectivity index (χ1) is 17.0. The molecule has 7 heteroatoms.